The van der Waals surface area contributed by atoms with Crippen LogP contribution in [-0.2, 0) is 0 Å². The Bertz CT molecular complexity index is 596. The van der Waals surface area contributed by atoms with Crippen molar-refractivity contribution in [3.05, 3.63) is 0 Å². The molecule has 0 atom stereocenters. The van der Waals surface area contributed by atoms with Crippen molar-refractivity contribution in [1.29, 1.82) is 0 Å². The highest BCUT2D eigenvalue weighted by Gasteiger charge is 2.27. The van der Waals surface area contributed by atoms with Gasteiger partial charge >= 0.3 is 0 Å². The first kappa shape index (κ1) is 57.0. The van der Waals surface area contributed by atoms with Gasteiger partial charge in [0.2, 0.25) is 0 Å². The molecule has 0 saturated heterocycles. The average Bonchev–Trinajstić information content (AvgIpc) is 3.22. The van der Waals surface area contributed by atoms with E-state index in [1.165, 1.54) is 327 Å². The Kier molecular flexibility index (Phi) is 50.3. The second-order valence-corrected chi connectivity index (χ2v) is 19.9. The van der Waals surface area contributed by atoms with Gasteiger partial charge in [-0.05, 0) is 31.2 Å². The van der Waals surface area contributed by atoms with Crippen LogP contribution in [0.2, 0.25) is 0 Å². The van der Waals surface area contributed by atoms with Crippen LogP contribution in [0.4, 0.5) is 0 Å². The summed E-state index contributed by atoms with van der Waals surface area (Å²) in [5.41, 5.74) is 7.14. The summed E-state index contributed by atoms with van der Waals surface area (Å²) in [4.78, 5) is 0. The molecule has 57 heavy (non-hydrogen) atoms. The number of nitrogens with two attached hydrogens (primary N) is 1. The van der Waals surface area contributed by atoms with Gasteiger partial charge in [-0.3, -0.25) is 0 Å². The lowest BCUT2D eigenvalue weighted by Gasteiger charge is -2.33. The van der Waals surface area contributed by atoms with Gasteiger partial charge < -0.3 is 5.73 Å². The van der Waals surface area contributed by atoms with Gasteiger partial charge in [0.25, 0.3) is 0 Å². The fourth-order valence-electron chi connectivity index (χ4n) is 9.83. The van der Waals surface area contributed by atoms with E-state index in [-0.39, 0.29) is 0 Å². The van der Waals surface area contributed by atoms with Crippen LogP contribution in [-0.4, -0.2) is 6.54 Å². The Morgan fingerprint density at radius 2 is 0.316 bits per heavy atom. The molecular weight excluding hydrogens is 687 g/mol. The van der Waals surface area contributed by atoms with Crippen molar-refractivity contribution in [3.8, 4) is 0 Å². The Labute approximate surface area is 364 Å². The van der Waals surface area contributed by atoms with Crippen LogP contribution >= 0.6 is 0 Å². The Balaban J connectivity index is 4.19. The summed E-state index contributed by atoms with van der Waals surface area (Å²) in [6, 6.07) is 0. The van der Waals surface area contributed by atoms with E-state index in [1.807, 2.05) is 0 Å². The molecule has 0 aliphatic carbocycles. The first-order chi connectivity index (χ1) is 28.2. The van der Waals surface area contributed by atoms with Crippen LogP contribution < -0.4 is 5.73 Å². The molecule has 1 nitrogen and oxygen atoms in total. The van der Waals surface area contributed by atoms with Crippen molar-refractivity contribution >= 4 is 0 Å². The molecule has 0 aromatic heterocycles. The molecule has 0 heterocycles. The van der Waals surface area contributed by atoms with Gasteiger partial charge in [0.15, 0.2) is 0 Å². The standard InChI is InChI=1S/C56H115N/c1-4-7-10-13-16-19-22-25-28-31-34-37-40-43-46-49-52-56(55-57,53-50-47-44-41-38-35-32-29-26-23-20-17-14-11-8-5-2)54-51-48-45-42-39-36-33-30-27-24-21-18-15-12-9-6-3/h4-55,57H2,1-3H3. The zero-order valence-corrected chi connectivity index (χ0v) is 40.8. The highest BCUT2D eigenvalue weighted by Crippen LogP contribution is 2.37. The summed E-state index contributed by atoms with van der Waals surface area (Å²) in [6.45, 7) is 7.89. The van der Waals surface area contributed by atoms with Crippen molar-refractivity contribution < 1.29 is 0 Å². The van der Waals surface area contributed by atoms with Crippen molar-refractivity contribution in [2.75, 3.05) is 6.54 Å². The Morgan fingerprint density at radius 3 is 0.439 bits per heavy atom. The Hall–Kier alpha value is -0.0400. The summed E-state index contributed by atoms with van der Waals surface area (Å²) in [7, 11) is 0. The topological polar surface area (TPSA) is 26.0 Å². The summed E-state index contributed by atoms with van der Waals surface area (Å²) >= 11 is 0. The molecule has 0 aromatic rings. The van der Waals surface area contributed by atoms with Crippen LogP contribution in [0.1, 0.15) is 348 Å². The van der Waals surface area contributed by atoms with Crippen LogP contribution in [0.25, 0.3) is 0 Å². The van der Waals surface area contributed by atoms with Crippen LogP contribution in [0.15, 0.2) is 0 Å². The maximum Gasteiger partial charge on any atom is -0.00205 e. The van der Waals surface area contributed by atoms with E-state index < -0.39 is 0 Å². The van der Waals surface area contributed by atoms with E-state index in [0.29, 0.717) is 5.41 Å². The number of hydrogen-bond donors (Lipinski definition) is 1. The Morgan fingerprint density at radius 1 is 0.193 bits per heavy atom. The van der Waals surface area contributed by atoms with E-state index in [4.69, 9.17) is 5.73 Å². The summed E-state index contributed by atoms with van der Waals surface area (Å²) in [5, 5.41) is 0. The molecule has 344 valence electrons. The predicted octanol–water partition coefficient (Wildman–Crippen LogP) is 20.9. The van der Waals surface area contributed by atoms with Crippen LogP contribution in [0.3, 0.4) is 0 Å². The van der Waals surface area contributed by atoms with E-state index in [0.717, 1.165) is 6.54 Å². The molecule has 0 aliphatic heterocycles. The third-order valence-corrected chi connectivity index (χ3v) is 14.1. The lowest BCUT2D eigenvalue weighted by molar-refractivity contribution is 0.204. The molecule has 0 fully saturated rings. The minimum Gasteiger partial charge on any atom is -0.330 e. The van der Waals surface area contributed by atoms with Crippen molar-refractivity contribution in [1.82, 2.24) is 0 Å². The van der Waals surface area contributed by atoms with Crippen LogP contribution in [0.5, 0.6) is 0 Å². The predicted molar refractivity (Wildman–Crippen MR) is 264 cm³/mol. The van der Waals surface area contributed by atoms with Crippen LogP contribution in [0, 0.1) is 5.41 Å². The molecule has 0 aliphatic rings. The third kappa shape index (κ3) is 45.3. The molecular formula is C56H115N. The largest absolute Gasteiger partial charge is 0.330 e. The zero-order chi connectivity index (χ0) is 41.3. The highest BCUT2D eigenvalue weighted by molar-refractivity contribution is 4.81. The molecule has 0 radical (unpaired) electrons. The summed E-state index contributed by atoms with van der Waals surface area (Å²) < 4.78 is 0. The fourth-order valence-corrected chi connectivity index (χ4v) is 9.83. The first-order valence-electron chi connectivity index (χ1n) is 27.9. The molecule has 0 aromatic carbocycles. The molecule has 0 bridgehead atoms. The molecule has 0 unspecified atom stereocenters. The van der Waals surface area contributed by atoms with Gasteiger partial charge in [-0.15, -0.1) is 0 Å². The van der Waals surface area contributed by atoms with E-state index in [2.05, 4.69) is 20.8 Å². The third-order valence-electron chi connectivity index (χ3n) is 14.1. The molecule has 1 heteroatoms. The van der Waals surface area contributed by atoms with Crippen molar-refractivity contribution in [2.24, 2.45) is 11.1 Å². The lowest BCUT2D eigenvalue weighted by atomic mass is 9.74. The maximum atomic E-state index is 6.71. The average molecular weight is 803 g/mol. The van der Waals surface area contributed by atoms with Crippen molar-refractivity contribution in [3.63, 3.8) is 0 Å². The van der Waals surface area contributed by atoms with Crippen molar-refractivity contribution in [2.45, 2.75) is 348 Å². The highest BCUT2D eigenvalue weighted by atomic mass is 14.6. The van der Waals surface area contributed by atoms with E-state index >= 15 is 0 Å². The second kappa shape index (κ2) is 50.3. The molecule has 2 N–H and O–H groups in total. The van der Waals surface area contributed by atoms with E-state index in [9.17, 15) is 0 Å². The van der Waals surface area contributed by atoms with Gasteiger partial charge in [-0.25, -0.2) is 0 Å². The monoisotopic (exact) mass is 802 g/mol. The van der Waals surface area contributed by atoms with Gasteiger partial charge in [0, 0.05) is 0 Å². The molecule has 0 saturated carbocycles. The zero-order valence-electron chi connectivity index (χ0n) is 40.8. The number of rotatable bonds is 52. The SMILES string of the molecule is CCCCCCCCCCCCCCCCCCC(CN)(CCCCCCCCCCCCCCCCCC)CCCCCCCCCCCCCCCCCC. The maximum absolute atomic E-state index is 6.71. The van der Waals surface area contributed by atoms with Gasteiger partial charge in [-0.1, -0.05) is 329 Å². The number of unbranched alkanes of at least 4 members (excludes halogenated alkanes) is 45. The normalized spacial score (nSPS) is 12.0. The smallest absolute Gasteiger partial charge is 0.00205 e. The van der Waals surface area contributed by atoms with E-state index in [1.54, 1.807) is 0 Å². The summed E-state index contributed by atoms with van der Waals surface area (Å²) in [5.74, 6) is 0. The lowest BCUT2D eigenvalue weighted by Crippen LogP contribution is -2.31. The second-order valence-electron chi connectivity index (χ2n) is 19.9. The minimum absolute atomic E-state index is 0.433. The van der Waals surface area contributed by atoms with Gasteiger partial charge in [-0.2, -0.15) is 0 Å². The quantitative estimate of drug-likeness (QED) is 0.0609. The minimum atomic E-state index is 0.433. The fraction of sp³-hybridized carbons (Fsp3) is 1.00. The van der Waals surface area contributed by atoms with Gasteiger partial charge in [0.05, 0.1) is 0 Å². The molecule has 0 spiro atoms. The molecule has 0 rings (SSSR count). The molecule has 0 amide bonds. The summed E-state index contributed by atoms with van der Waals surface area (Å²) in [6.07, 6.45) is 74.2. The van der Waals surface area contributed by atoms with Gasteiger partial charge in [0.1, 0.15) is 0 Å². The first-order valence-corrected chi connectivity index (χ1v) is 27.9. The number of hydrogen-bond acceptors (Lipinski definition) is 1.